The molecular formula is C12H27N3O2S2. The molecule has 0 amide bonds. The predicted octanol–water partition coefficient (Wildman–Crippen LogP) is 1.04. The molecule has 0 radical (unpaired) electrons. The number of nitrogens with one attached hydrogen (secondary N) is 2. The first-order valence-electron chi connectivity index (χ1n) is 7.02. The Kier molecular flexibility index (Phi) is 7.68. The first-order valence-corrected chi connectivity index (χ1v) is 9.62. The van der Waals surface area contributed by atoms with Crippen LogP contribution in [0.15, 0.2) is 0 Å². The maximum atomic E-state index is 12.4. The normalized spacial score (nSPS) is 23.4. The second kappa shape index (κ2) is 8.46. The quantitative estimate of drug-likeness (QED) is 0.703. The van der Waals surface area contributed by atoms with Crippen molar-refractivity contribution in [3.8, 4) is 0 Å². The van der Waals surface area contributed by atoms with Crippen molar-refractivity contribution in [2.24, 2.45) is 0 Å². The van der Waals surface area contributed by atoms with Crippen LogP contribution in [0.2, 0.25) is 0 Å². The molecule has 0 saturated carbocycles. The molecule has 19 heavy (non-hydrogen) atoms. The molecule has 114 valence electrons. The lowest BCUT2D eigenvalue weighted by Crippen LogP contribution is -2.53. The number of hydrogen-bond donors (Lipinski definition) is 2. The number of hydrogen-bond acceptors (Lipinski definition) is 4. The van der Waals surface area contributed by atoms with Gasteiger partial charge in [0, 0.05) is 30.9 Å². The fourth-order valence-corrected chi connectivity index (χ4v) is 4.83. The van der Waals surface area contributed by atoms with Crippen molar-refractivity contribution in [1.29, 1.82) is 0 Å². The van der Waals surface area contributed by atoms with E-state index in [1.54, 1.807) is 16.1 Å². The van der Waals surface area contributed by atoms with Crippen LogP contribution in [0.1, 0.15) is 33.1 Å². The van der Waals surface area contributed by atoms with Gasteiger partial charge in [-0.05, 0) is 32.6 Å². The Labute approximate surface area is 122 Å². The summed E-state index contributed by atoms with van der Waals surface area (Å²) in [6.45, 7) is 5.37. The molecule has 2 unspecified atom stereocenters. The monoisotopic (exact) mass is 309 g/mol. The molecule has 0 aliphatic carbocycles. The van der Waals surface area contributed by atoms with Gasteiger partial charge in [0.1, 0.15) is 0 Å². The van der Waals surface area contributed by atoms with E-state index in [4.69, 9.17) is 0 Å². The molecule has 0 bridgehead atoms. The van der Waals surface area contributed by atoms with Gasteiger partial charge in [-0.1, -0.05) is 13.3 Å². The molecule has 1 saturated heterocycles. The minimum Gasteiger partial charge on any atom is -0.318 e. The number of rotatable bonds is 8. The first kappa shape index (κ1) is 17.2. The molecule has 1 heterocycles. The fourth-order valence-electron chi connectivity index (χ4n) is 2.38. The summed E-state index contributed by atoms with van der Waals surface area (Å²) in [5.41, 5.74) is 0. The standard InChI is InChI=1S/C12H27N3O2S2/c1-4-18-10-11(2)14-19(16,17)15-8-6-5-7-12(15)9-13-3/h11-14H,4-10H2,1-3H3. The van der Waals surface area contributed by atoms with Crippen molar-refractivity contribution < 1.29 is 8.42 Å². The highest BCUT2D eigenvalue weighted by atomic mass is 32.2. The van der Waals surface area contributed by atoms with Gasteiger partial charge in [-0.3, -0.25) is 0 Å². The van der Waals surface area contributed by atoms with E-state index in [0.717, 1.165) is 37.3 Å². The Hall–Kier alpha value is 0.180. The van der Waals surface area contributed by atoms with Crippen molar-refractivity contribution in [2.45, 2.75) is 45.2 Å². The largest absolute Gasteiger partial charge is 0.318 e. The maximum Gasteiger partial charge on any atom is 0.280 e. The average Bonchev–Trinajstić information content (AvgIpc) is 2.37. The van der Waals surface area contributed by atoms with Crippen LogP contribution in [0.3, 0.4) is 0 Å². The molecule has 7 heteroatoms. The third kappa shape index (κ3) is 5.59. The molecule has 0 spiro atoms. The third-order valence-electron chi connectivity index (χ3n) is 3.24. The SMILES string of the molecule is CCSCC(C)NS(=O)(=O)N1CCCCC1CNC. The van der Waals surface area contributed by atoms with Crippen LogP contribution < -0.4 is 10.0 Å². The van der Waals surface area contributed by atoms with Gasteiger partial charge in [0.15, 0.2) is 0 Å². The zero-order valence-electron chi connectivity index (χ0n) is 12.2. The lowest BCUT2D eigenvalue weighted by atomic mass is 10.1. The number of nitrogens with zero attached hydrogens (tertiary/aromatic N) is 1. The fraction of sp³-hybridized carbons (Fsp3) is 1.00. The summed E-state index contributed by atoms with van der Waals surface area (Å²) in [5, 5.41) is 3.09. The lowest BCUT2D eigenvalue weighted by molar-refractivity contribution is 0.245. The molecule has 2 N–H and O–H groups in total. The maximum absolute atomic E-state index is 12.4. The van der Waals surface area contributed by atoms with Crippen molar-refractivity contribution in [3.05, 3.63) is 0 Å². The van der Waals surface area contributed by atoms with Gasteiger partial charge in [-0.2, -0.15) is 29.2 Å². The minimum absolute atomic E-state index is 0.0212. The van der Waals surface area contributed by atoms with E-state index in [2.05, 4.69) is 17.0 Å². The van der Waals surface area contributed by atoms with Gasteiger partial charge in [0.2, 0.25) is 0 Å². The molecule has 0 aromatic heterocycles. The summed E-state index contributed by atoms with van der Waals surface area (Å²) in [5.74, 6) is 1.83. The van der Waals surface area contributed by atoms with Crippen molar-refractivity contribution >= 4 is 22.0 Å². The summed E-state index contributed by atoms with van der Waals surface area (Å²) in [7, 11) is -1.49. The summed E-state index contributed by atoms with van der Waals surface area (Å²) in [4.78, 5) is 0. The molecule has 1 fully saturated rings. The van der Waals surface area contributed by atoms with Crippen molar-refractivity contribution in [1.82, 2.24) is 14.3 Å². The first-order chi connectivity index (χ1) is 9.01. The van der Waals surface area contributed by atoms with Crippen LogP contribution in [-0.4, -0.2) is 56.4 Å². The number of likely N-dealkylation sites (N-methyl/N-ethyl adjacent to an activating group) is 1. The summed E-state index contributed by atoms with van der Waals surface area (Å²) < 4.78 is 29.3. The van der Waals surface area contributed by atoms with Crippen LogP contribution in [-0.2, 0) is 10.2 Å². The van der Waals surface area contributed by atoms with Gasteiger partial charge in [-0.25, -0.2) is 0 Å². The molecule has 1 rings (SSSR count). The van der Waals surface area contributed by atoms with E-state index >= 15 is 0 Å². The average molecular weight is 310 g/mol. The van der Waals surface area contributed by atoms with E-state index in [1.165, 1.54) is 0 Å². The smallest absolute Gasteiger partial charge is 0.280 e. The molecule has 5 nitrogen and oxygen atoms in total. The Morgan fingerprint density at radius 3 is 2.79 bits per heavy atom. The Bertz CT molecular complexity index is 347. The zero-order chi connectivity index (χ0) is 14.3. The van der Waals surface area contributed by atoms with Crippen LogP contribution >= 0.6 is 11.8 Å². The van der Waals surface area contributed by atoms with E-state index < -0.39 is 10.2 Å². The third-order valence-corrected chi connectivity index (χ3v) is 6.19. The zero-order valence-corrected chi connectivity index (χ0v) is 13.8. The van der Waals surface area contributed by atoms with Crippen LogP contribution in [0, 0.1) is 0 Å². The van der Waals surface area contributed by atoms with Crippen molar-refractivity contribution in [2.75, 3.05) is 31.6 Å². The highest BCUT2D eigenvalue weighted by Gasteiger charge is 2.32. The Balaban J connectivity index is 2.62. The molecule has 0 aromatic carbocycles. The number of thioether (sulfide) groups is 1. The Morgan fingerprint density at radius 1 is 1.42 bits per heavy atom. The van der Waals surface area contributed by atoms with Crippen LogP contribution in [0.4, 0.5) is 0 Å². The van der Waals surface area contributed by atoms with Gasteiger partial charge < -0.3 is 5.32 Å². The van der Waals surface area contributed by atoms with Gasteiger partial charge >= 0.3 is 0 Å². The predicted molar refractivity (Wildman–Crippen MR) is 82.8 cm³/mol. The molecular weight excluding hydrogens is 282 g/mol. The van der Waals surface area contributed by atoms with Crippen LogP contribution in [0.5, 0.6) is 0 Å². The van der Waals surface area contributed by atoms with E-state index in [1.807, 2.05) is 14.0 Å². The van der Waals surface area contributed by atoms with Crippen molar-refractivity contribution in [3.63, 3.8) is 0 Å². The highest BCUT2D eigenvalue weighted by Crippen LogP contribution is 2.19. The highest BCUT2D eigenvalue weighted by molar-refractivity contribution is 7.99. The topological polar surface area (TPSA) is 61.4 Å². The molecule has 1 aliphatic heterocycles. The second-order valence-electron chi connectivity index (χ2n) is 5.00. The van der Waals surface area contributed by atoms with E-state index in [9.17, 15) is 8.42 Å². The Morgan fingerprint density at radius 2 is 2.16 bits per heavy atom. The van der Waals surface area contributed by atoms with Crippen LogP contribution in [0.25, 0.3) is 0 Å². The molecule has 1 aliphatic rings. The van der Waals surface area contributed by atoms with E-state index in [-0.39, 0.29) is 12.1 Å². The minimum atomic E-state index is -3.35. The van der Waals surface area contributed by atoms with Gasteiger partial charge in [0.05, 0.1) is 0 Å². The molecule has 2 atom stereocenters. The van der Waals surface area contributed by atoms with Gasteiger partial charge in [0.25, 0.3) is 10.2 Å². The summed E-state index contributed by atoms with van der Waals surface area (Å²) in [6, 6.07) is 0.0643. The van der Waals surface area contributed by atoms with E-state index in [0.29, 0.717) is 6.54 Å². The molecule has 0 aromatic rings. The summed E-state index contributed by atoms with van der Waals surface area (Å²) >= 11 is 1.76. The lowest BCUT2D eigenvalue weighted by Gasteiger charge is -2.35. The second-order valence-corrected chi connectivity index (χ2v) is 7.98. The number of piperidine rings is 1. The van der Waals surface area contributed by atoms with Gasteiger partial charge in [-0.15, -0.1) is 0 Å². The summed E-state index contributed by atoms with van der Waals surface area (Å²) in [6.07, 6.45) is 3.01.